The van der Waals surface area contributed by atoms with Crippen molar-refractivity contribution in [3.05, 3.63) is 64.4 Å². The molecule has 0 saturated carbocycles. The lowest BCUT2D eigenvalue weighted by Gasteiger charge is -2.08. The third kappa shape index (κ3) is 4.35. The number of amides is 1. The molecule has 10 heteroatoms. The standard InChI is InChI=1S/C16H11Cl2N5O3/c17-11-3-6-13(18)14(7-11)20-15(24)8-26-16(25)10-1-4-12(5-2-10)23-9-19-21-22-23/h1-7,9H,8H2,(H,20,24). The van der Waals surface area contributed by atoms with E-state index in [1.54, 1.807) is 36.4 Å². The molecule has 0 aliphatic rings. The summed E-state index contributed by atoms with van der Waals surface area (Å²) in [5.74, 6) is -1.17. The number of hydrogen-bond donors (Lipinski definition) is 1. The minimum atomic E-state index is -0.638. The lowest BCUT2D eigenvalue weighted by molar-refractivity contribution is -0.119. The van der Waals surface area contributed by atoms with Gasteiger partial charge in [-0.15, -0.1) is 5.10 Å². The average molecular weight is 392 g/mol. The van der Waals surface area contributed by atoms with Crippen LogP contribution < -0.4 is 5.32 Å². The second kappa shape index (κ2) is 7.94. The molecular weight excluding hydrogens is 381 g/mol. The van der Waals surface area contributed by atoms with Crippen molar-refractivity contribution >= 4 is 40.8 Å². The molecule has 0 aliphatic carbocycles. The Hall–Kier alpha value is -2.97. The number of esters is 1. The van der Waals surface area contributed by atoms with Crippen LogP contribution in [0.2, 0.25) is 10.0 Å². The molecule has 0 atom stereocenters. The molecular formula is C16H11Cl2N5O3. The van der Waals surface area contributed by atoms with Gasteiger partial charge in [0.2, 0.25) is 0 Å². The number of carbonyl (C=O) groups is 2. The van der Waals surface area contributed by atoms with Gasteiger partial charge >= 0.3 is 5.97 Å². The number of hydrogen-bond acceptors (Lipinski definition) is 6. The Labute approximate surface area is 157 Å². The van der Waals surface area contributed by atoms with Crippen LogP contribution >= 0.6 is 23.2 Å². The van der Waals surface area contributed by atoms with Gasteiger partial charge in [0.1, 0.15) is 6.33 Å². The van der Waals surface area contributed by atoms with E-state index in [0.717, 1.165) is 0 Å². The Balaban J connectivity index is 1.56. The third-order valence-electron chi connectivity index (χ3n) is 3.25. The summed E-state index contributed by atoms with van der Waals surface area (Å²) in [7, 11) is 0. The maximum absolute atomic E-state index is 12.0. The summed E-state index contributed by atoms with van der Waals surface area (Å²) in [5.41, 5.74) is 1.31. The summed E-state index contributed by atoms with van der Waals surface area (Å²) in [6, 6.07) is 11.0. The molecule has 26 heavy (non-hydrogen) atoms. The first-order chi connectivity index (χ1) is 12.5. The monoisotopic (exact) mass is 391 g/mol. The second-order valence-corrected chi connectivity index (χ2v) is 5.89. The first-order valence-electron chi connectivity index (χ1n) is 7.28. The fourth-order valence-corrected chi connectivity index (χ4v) is 2.36. The van der Waals surface area contributed by atoms with Crippen molar-refractivity contribution in [2.75, 3.05) is 11.9 Å². The first-order valence-corrected chi connectivity index (χ1v) is 8.04. The molecule has 0 radical (unpaired) electrons. The van der Waals surface area contributed by atoms with Gasteiger partial charge in [0.15, 0.2) is 6.61 Å². The minimum Gasteiger partial charge on any atom is -0.452 e. The van der Waals surface area contributed by atoms with Crippen LogP contribution in [-0.2, 0) is 9.53 Å². The van der Waals surface area contributed by atoms with Gasteiger partial charge in [0, 0.05) is 5.02 Å². The maximum atomic E-state index is 12.0. The second-order valence-electron chi connectivity index (χ2n) is 5.05. The third-order valence-corrected chi connectivity index (χ3v) is 3.82. The fourth-order valence-electron chi connectivity index (χ4n) is 2.02. The molecule has 2 aromatic carbocycles. The van der Waals surface area contributed by atoms with E-state index in [-0.39, 0.29) is 5.56 Å². The van der Waals surface area contributed by atoms with Gasteiger partial charge in [0.25, 0.3) is 5.91 Å². The van der Waals surface area contributed by atoms with E-state index in [2.05, 4.69) is 20.8 Å². The van der Waals surface area contributed by atoms with Crippen LogP contribution in [0.1, 0.15) is 10.4 Å². The van der Waals surface area contributed by atoms with E-state index in [9.17, 15) is 9.59 Å². The summed E-state index contributed by atoms with van der Waals surface area (Å²) in [4.78, 5) is 23.9. The van der Waals surface area contributed by atoms with Crippen molar-refractivity contribution in [1.29, 1.82) is 0 Å². The molecule has 3 aromatic rings. The summed E-state index contributed by atoms with van der Waals surface area (Å²) in [6.07, 6.45) is 1.43. The predicted octanol–water partition coefficient (Wildman–Crippen LogP) is 2.76. The van der Waals surface area contributed by atoms with Gasteiger partial charge in [0.05, 0.1) is 22.0 Å². The number of rotatable bonds is 5. The molecule has 1 amide bonds. The molecule has 1 N–H and O–H groups in total. The largest absolute Gasteiger partial charge is 0.452 e. The molecule has 0 bridgehead atoms. The van der Waals surface area contributed by atoms with Crippen LogP contribution in [0.25, 0.3) is 5.69 Å². The van der Waals surface area contributed by atoms with E-state index in [4.69, 9.17) is 27.9 Å². The molecule has 0 fully saturated rings. The Kier molecular flexibility index (Phi) is 5.45. The van der Waals surface area contributed by atoms with Gasteiger partial charge in [-0.3, -0.25) is 4.79 Å². The van der Waals surface area contributed by atoms with Crippen LogP contribution in [0.5, 0.6) is 0 Å². The number of benzene rings is 2. The van der Waals surface area contributed by atoms with Crippen LogP contribution in [-0.4, -0.2) is 38.7 Å². The van der Waals surface area contributed by atoms with Crippen molar-refractivity contribution in [3.63, 3.8) is 0 Å². The highest BCUT2D eigenvalue weighted by atomic mass is 35.5. The fraction of sp³-hybridized carbons (Fsp3) is 0.0625. The van der Waals surface area contributed by atoms with Crippen molar-refractivity contribution < 1.29 is 14.3 Å². The van der Waals surface area contributed by atoms with Crippen molar-refractivity contribution in [2.24, 2.45) is 0 Å². The zero-order valence-electron chi connectivity index (χ0n) is 13.1. The zero-order chi connectivity index (χ0) is 18.5. The number of anilines is 1. The van der Waals surface area contributed by atoms with E-state index < -0.39 is 18.5 Å². The van der Waals surface area contributed by atoms with Crippen LogP contribution in [0.3, 0.4) is 0 Å². The Morgan fingerprint density at radius 1 is 1.12 bits per heavy atom. The van der Waals surface area contributed by atoms with E-state index in [1.165, 1.54) is 17.1 Å². The number of nitrogens with zero attached hydrogens (tertiary/aromatic N) is 4. The number of tetrazole rings is 1. The maximum Gasteiger partial charge on any atom is 0.338 e. The molecule has 132 valence electrons. The van der Waals surface area contributed by atoms with Gasteiger partial charge in [-0.25, -0.2) is 9.48 Å². The number of aromatic nitrogens is 4. The number of carbonyl (C=O) groups excluding carboxylic acids is 2. The van der Waals surface area contributed by atoms with Crippen LogP contribution in [0, 0.1) is 0 Å². The highest BCUT2D eigenvalue weighted by Gasteiger charge is 2.12. The van der Waals surface area contributed by atoms with E-state index in [0.29, 0.717) is 21.4 Å². The molecule has 3 rings (SSSR count). The normalized spacial score (nSPS) is 10.4. The van der Waals surface area contributed by atoms with Gasteiger partial charge < -0.3 is 10.1 Å². The summed E-state index contributed by atoms with van der Waals surface area (Å²) >= 11 is 11.8. The smallest absolute Gasteiger partial charge is 0.338 e. The number of ether oxygens (including phenoxy) is 1. The zero-order valence-corrected chi connectivity index (χ0v) is 14.6. The van der Waals surface area contributed by atoms with Crippen molar-refractivity contribution in [1.82, 2.24) is 20.2 Å². The van der Waals surface area contributed by atoms with Crippen LogP contribution in [0.4, 0.5) is 5.69 Å². The Bertz CT molecular complexity index is 930. The predicted molar refractivity (Wildman–Crippen MR) is 94.5 cm³/mol. The topological polar surface area (TPSA) is 99.0 Å². The first kappa shape index (κ1) is 17.8. The van der Waals surface area contributed by atoms with Gasteiger partial charge in [-0.1, -0.05) is 23.2 Å². The molecule has 0 unspecified atom stereocenters. The van der Waals surface area contributed by atoms with Gasteiger partial charge in [-0.05, 0) is 52.9 Å². The Morgan fingerprint density at radius 2 is 1.88 bits per heavy atom. The average Bonchev–Trinajstić information content (AvgIpc) is 3.17. The van der Waals surface area contributed by atoms with Crippen molar-refractivity contribution in [2.45, 2.75) is 0 Å². The lowest BCUT2D eigenvalue weighted by atomic mass is 10.2. The summed E-state index contributed by atoms with van der Waals surface area (Å²) in [6.45, 7) is -0.462. The highest BCUT2D eigenvalue weighted by molar-refractivity contribution is 6.35. The molecule has 8 nitrogen and oxygen atoms in total. The molecule has 1 aromatic heterocycles. The van der Waals surface area contributed by atoms with Crippen LogP contribution in [0.15, 0.2) is 48.8 Å². The molecule has 0 spiro atoms. The highest BCUT2D eigenvalue weighted by Crippen LogP contribution is 2.25. The molecule has 0 aliphatic heterocycles. The summed E-state index contributed by atoms with van der Waals surface area (Å²) in [5, 5.41) is 14.1. The molecule has 0 saturated heterocycles. The lowest BCUT2D eigenvalue weighted by Crippen LogP contribution is -2.21. The SMILES string of the molecule is O=C(COC(=O)c1ccc(-n2cnnn2)cc1)Nc1cc(Cl)ccc1Cl. The number of halogens is 2. The minimum absolute atomic E-state index is 0.287. The van der Waals surface area contributed by atoms with Gasteiger partial charge in [-0.2, -0.15) is 0 Å². The van der Waals surface area contributed by atoms with E-state index in [1.807, 2.05) is 0 Å². The quantitative estimate of drug-likeness (QED) is 0.671. The van der Waals surface area contributed by atoms with E-state index >= 15 is 0 Å². The summed E-state index contributed by atoms with van der Waals surface area (Å²) < 4.78 is 6.43. The number of nitrogens with one attached hydrogen (secondary N) is 1. The van der Waals surface area contributed by atoms with Crippen molar-refractivity contribution in [3.8, 4) is 5.69 Å². The molecule has 1 heterocycles. The Morgan fingerprint density at radius 3 is 2.58 bits per heavy atom.